The van der Waals surface area contributed by atoms with Gasteiger partial charge in [-0.3, -0.25) is 4.79 Å². The van der Waals surface area contributed by atoms with Gasteiger partial charge in [-0.25, -0.2) is 17.5 Å². The molecule has 0 aliphatic rings. The molecule has 30 heavy (non-hydrogen) atoms. The van der Waals surface area contributed by atoms with Crippen LogP contribution in [0.25, 0.3) is 22.3 Å². The van der Waals surface area contributed by atoms with Crippen molar-refractivity contribution >= 4 is 9.84 Å². The Hall–Kier alpha value is -3.01. The predicted molar refractivity (Wildman–Crippen MR) is 103 cm³/mol. The van der Waals surface area contributed by atoms with Gasteiger partial charge >= 0.3 is 6.18 Å². The van der Waals surface area contributed by atoms with Crippen molar-refractivity contribution in [1.29, 1.82) is 0 Å². The molecule has 0 N–H and O–H groups in total. The third-order valence-electron chi connectivity index (χ3n) is 4.36. The van der Waals surface area contributed by atoms with Crippen molar-refractivity contribution in [3.05, 3.63) is 70.9 Å². The van der Waals surface area contributed by atoms with Gasteiger partial charge in [0.05, 0.1) is 29.6 Å². The van der Waals surface area contributed by atoms with Crippen LogP contribution in [0.5, 0.6) is 0 Å². The molecule has 3 aromatic rings. The average Bonchev–Trinajstić information content (AvgIpc) is 2.66. The highest BCUT2D eigenvalue weighted by Crippen LogP contribution is 2.30. The number of alkyl halides is 3. The summed E-state index contributed by atoms with van der Waals surface area (Å²) in [5, 5.41) is 3.83. The minimum absolute atomic E-state index is 0.00201. The van der Waals surface area contributed by atoms with E-state index in [1.807, 2.05) is 0 Å². The third kappa shape index (κ3) is 4.93. The van der Waals surface area contributed by atoms with E-state index in [2.05, 4.69) is 5.10 Å². The molecule has 2 aromatic carbocycles. The lowest BCUT2D eigenvalue weighted by atomic mass is 9.97. The zero-order chi connectivity index (χ0) is 22.1. The number of rotatable bonds is 5. The van der Waals surface area contributed by atoms with E-state index in [0.717, 1.165) is 18.4 Å². The normalized spacial score (nSPS) is 12.2. The first-order valence-electron chi connectivity index (χ1n) is 8.69. The second-order valence-corrected chi connectivity index (χ2v) is 8.65. The van der Waals surface area contributed by atoms with Crippen LogP contribution in [0.2, 0.25) is 0 Å². The number of hydrogen-bond donors (Lipinski definition) is 0. The predicted octanol–water partition coefficient (Wildman–Crippen LogP) is 4.07. The van der Waals surface area contributed by atoms with Crippen molar-refractivity contribution in [2.75, 3.05) is 6.26 Å². The number of benzene rings is 2. The second kappa shape index (κ2) is 8.02. The molecular formula is C20H16F4N2O3S. The van der Waals surface area contributed by atoms with Gasteiger partial charge in [0, 0.05) is 11.8 Å². The van der Waals surface area contributed by atoms with E-state index in [-0.39, 0.29) is 21.6 Å². The largest absolute Gasteiger partial charge is 0.390 e. The summed E-state index contributed by atoms with van der Waals surface area (Å²) in [5.74, 6) is -0.550. The fraction of sp³-hybridized carbons (Fsp3) is 0.200. The Kier molecular flexibility index (Phi) is 5.80. The molecule has 0 saturated carbocycles. The third-order valence-corrected chi connectivity index (χ3v) is 5.47. The summed E-state index contributed by atoms with van der Waals surface area (Å²) in [5.41, 5.74) is 0.0282. The lowest BCUT2D eigenvalue weighted by Gasteiger charge is -2.14. The molecule has 1 heterocycles. The van der Waals surface area contributed by atoms with Gasteiger partial charge in [-0.2, -0.15) is 18.3 Å². The van der Waals surface area contributed by atoms with Crippen LogP contribution in [0.3, 0.4) is 0 Å². The summed E-state index contributed by atoms with van der Waals surface area (Å²) in [6, 6.07) is 10.6. The monoisotopic (exact) mass is 440 g/mol. The Balaban J connectivity index is 2.22. The number of hydrogen-bond acceptors (Lipinski definition) is 4. The fourth-order valence-electron chi connectivity index (χ4n) is 2.89. The van der Waals surface area contributed by atoms with E-state index in [1.165, 1.54) is 36.5 Å². The minimum atomic E-state index is -4.47. The van der Waals surface area contributed by atoms with Crippen molar-refractivity contribution in [3.8, 4) is 22.3 Å². The first kappa shape index (κ1) is 21.7. The van der Waals surface area contributed by atoms with Crippen molar-refractivity contribution in [2.24, 2.45) is 0 Å². The molecule has 0 aliphatic carbocycles. The van der Waals surface area contributed by atoms with Gasteiger partial charge in [0.15, 0.2) is 9.84 Å². The lowest BCUT2D eigenvalue weighted by molar-refractivity contribution is -0.137. The molecule has 0 unspecified atom stereocenters. The smallest absolute Gasteiger partial charge is 0.267 e. The maximum Gasteiger partial charge on any atom is 0.390 e. The van der Waals surface area contributed by atoms with Crippen molar-refractivity contribution in [1.82, 2.24) is 9.78 Å². The van der Waals surface area contributed by atoms with Crippen LogP contribution in [0, 0.1) is 5.82 Å². The van der Waals surface area contributed by atoms with Crippen LogP contribution < -0.4 is 5.56 Å². The Morgan fingerprint density at radius 1 is 1.03 bits per heavy atom. The first-order chi connectivity index (χ1) is 14.0. The molecule has 0 amide bonds. The Labute approximate surface area is 169 Å². The van der Waals surface area contributed by atoms with Crippen LogP contribution in [0.15, 0.2) is 64.4 Å². The molecule has 0 saturated heterocycles. The maximum absolute atomic E-state index is 13.4. The van der Waals surface area contributed by atoms with Crippen molar-refractivity contribution in [3.63, 3.8) is 0 Å². The molecule has 0 atom stereocenters. The highest BCUT2D eigenvalue weighted by molar-refractivity contribution is 7.90. The van der Waals surface area contributed by atoms with Crippen LogP contribution in [-0.2, 0) is 16.4 Å². The average molecular weight is 440 g/mol. The summed E-state index contributed by atoms with van der Waals surface area (Å²) in [6.07, 6.45) is -3.48. The van der Waals surface area contributed by atoms with E-state index >= 15 is 0 Å². The van der Waals surface area contributed by atoms with E-state index in [4.69, 9.17) is 0 Å². The number of nitrogens with zero attached hydrogens (tertiary/aromatic N) is 2. The quantitative estimate of drug-likeness (QED) is 0.561. The molecule has 0 spiro atoms. The minimum Gasteiger partial charge on any atom is -0.267 e. The number of halogens is 4. The zero-order valence-corrected chi connectivity index (χ0v) is 16.5. The molecule has 5 nitrogen and oxygen atoms in total. The summed E-state index contributed by atoms with van der Waals surface area (Å²) in [6.45, 7) is -0.680. The van der Waals surface area contributed by atoms with E-state index in [0.29, 0.717) is 10.2 Å². The first-order valence-corrected chi connectivity index (χ1v) is 10.6. The van der Waals surface area contributed by atoms with Crippen molar-refractivity contribution in [2.45, 2.75) is 24.0 Å². The molecule has 3 rings (SSSR count). The molecule has 0 aliphatic heterocycles. The Bertz CT molecular complexity index is 1230. The highest BCUT2D eigenvalue weighted by atomic mass is 32.2. The number of aromatic nitrogens is 2. The fourth-order valence-corrected chi connectivity index (χ4v) is 3.56. The van der Waals surface area contributed by atoms with Gasteiger partial charge < -0.3 is 0 Å². The van der Waals surface area contributed by atoms with Gasteiger partial charge in [0.2, 0.25) is 0 Å². The topological polar surface area (TPSA) is 69.0 Å². The van der Waals surface area contributed by atoms with E-state index in [9.17, 15) is 30.8 Å². The van der Waals surface area contributed by atoms with Crippen molar-refractivity contribution < 1.29 is 26.0 Å². The molecule has 10 heteroatoms. The molecule has 1 aromatic heterocycles. The lowest BCUT2D eigenvalue weighted by Crippen LogP contribution is -2.27. The standard InChI is InChI=1S/C20H16F4N2O3S/c1-30(28,29)16-4-2-3-14(11-16)17-12-25-26(10-9-20(22,23)24)19(27)18(17)13-5-7-15(21)8-6-13/h2-8,11-12H,9-10H2,1H3. The summed E-state index contributed by atoms with van der Waals surface area (Å²) in [7, 11) is -3.54. The second-order valence-electron chi connectivity index (χ2n) is 6.63. The number of sulfone groups is 1. The van der Waals surface area contributed by atoms with Gasteiger partial charge in [0.25, 0.3) is 5.56 Å². The number of aryl methyl sites for hydroxylation is 1. The van der Waals surface area contributed by atoms with Gasteiger partial charge in [-0.1, -0.05) is 24.3 Å². The molecule has 0 bridgehead atoms. The van der Waals surface area contributed by atoms with Gasteiger partial charge in [0.1, 0.15) is 5.82 Å². The molecular weight excluding hydrogens is 424 g/mol. The van der Waals surface area contributed by atoms with Gasteiger partial charge in [-0.15, -0.1) is 0 Å². The Morgan fingerprint density at radius 3 is 2.30 bits per heavy atom. The van der Waals surface area contributed by atoms with Gasteiger partial charge in [-0.05, 0) is 35.4 Å². The van der Waals surface area contributed by atoms with Crippen LogP contribution in [-0.4, -0.2) is 30.6 Å². The van der Waals surface area contributed by atoms with Crippen LogP contribution >= 0.6 is 0 Å². The zero-order valence-electron chi connectivity index (χ0n) is 15.6. The maximum atomic E-state index is 13.4. The van der Waals surface area contributed by atoms with Crippen LogP contribution in [0.1, 0.15) is 6.42 Å². The molecule has 0 radical (unpaired) electrons. The van der Waals surface area contributed by atoms with E-state index < -0.39 is 40.4 Å². The molecule has 0 fully saturated rings. The SMILES string of the molecule is CS(=O)(=O)c1cccc(-c2cnn(CCC(F)(F)F)c(=O)c2-c2ccc(F)cc2)c1. The summed E-state index contributed by atoms with van der Waals surface area (Å²) >= 11 is 0. The van der Waals surface area contributed by atoms with Crippen LogP contribution in [0.4, 0.5) is 17.6 Å². The summed E-state index contributed by atoms with van der Waals surface area (Å²) < 4.78 is 75.6. The van der Waals surface area contributed by atoms with E-state index in [1.54, 1.807) is 6.07 Å². The Morgan fingerprint density at radius 2 is 1.70 bits per heavy atom. The summed E-state index contributed by atoms with van der Waals surface area (Å²) in [4.78, 5) is 13.0. The highest BCUT2D eigenvalue weighted by Gasteiger charge is 2.27. The molecule has 158 valence electrons.